The lowest BCUT2D eigenvalue weighted by Crippen LogP contribution is -2.40. The Morgan fingerprint density at radius 2 is 1.97 bits per heavy atom. The summed E-state index contributed by atoms with van der Waals surface area (Å²) in [5, 5.41) is 16.5. The van der Waals surface area contributed by atoms with E-state index in [0.717, 1.165) is 44.3 Å². The number of rotatable bonds is 9. The van der Waals surface area contributed by atoms with Crippen molar-refractivity contribution in [1.82, 2.24) is 15.5 Å². The summed E-state index contributed by atoms with van der Waals surface area (Å²) >= 11 is 0. The van der Waals surface area contributed by atoms with Gasteiger partial charge < -0.3 is 20.5 Å². The Hall–Kier alpha value is -2.41. The Morgan fingerprint density at radius 3 is 2.71 bits per heavy atom. The molecule has 3 N–H and O–H groups in total. The molecule has 2 unspecified atom stereocenters. The number of benzene rings is 2. The van der Waals surface area contributed by atoms with Crippen molar-refractivity contribution in [3.63, 3.8) is 0 Å². The summed E-state index contributed by atoms with van der Waals surface area (Å²) in [6.45, 7) is 10.0. The molecule has 6 nitrogen and oxygen atoms in total. The molecular formula is C25H36N4O2. The van der Waals surface area contributed by atoms with Gasteiger partial charge in [-0.2, -0.15) is 0 Å². The van der Waals surface area contributed by atoms with E-state index in [1.54, 1.807) is 0 Å². The van der Waals surface area contributed by atoms with Crippen LogP contribution in [0.1, 0.15) is 36.5 Å². The van der Waals surface area contributed by atoms with Crippen LogP contribution < -0.4 is 10.6 Å². The van der Waals surface area contributed by atoms with E-state index >= 15 is 0 Å². The third-order valence-electron chi connectivity index (χ3n) is 5.49. The van der Waals surface area contributed by atoms with E-state index in [1.807, 2.05) is 30.3 Å². The van der Waals surface area contributed by atoms with Crippen LogP contribution >= 0.6 is 0 Å². The lowest BCUT2D eigenvalue weighted by molar-refractivity contribution is -0.0212. The summed E-state index contributed by atoms with van der Waals surface area (Å²) in [6, 6.07) is 18.8. The first kappa shape index (κ1) is 23.3. The van der Waals surface area contributed by atoms with Crippen LogP contribution in [0.5, 0.6) is 0 Å². The molecule has 0 spiro atoms. The lowest BCUT2D eigenvalue weighted by atomic mass is 10.0. The van der Waals surface area contributed by atoms with Gasteiger partial charge in [-0.1, -0.05) is 54.6 Å². The van der Waals surface area contributed by atoms with Crippen LogP contribution in [-0.4, -0.2) is 61.5 Å². The Morgan fingerprint density at radius 1 is 1.16 bits per heavy atom. The van der Waals surface area contributed by atoms with Crippen molar-refractivity contribution >= 4 is 5.96 Å². The van der Waals surface area contributed by atoms with Crippen molar-refractivity contribution in [1.29, 1.82) is 0 Å². The summed E-state index contributed by atoms with van der Waals surface area (Å²) < 4.78 is 5.64. The molecule has 2 atom stereocenters. The monoisotopic (exact) mass is 424 g/mol. The highest BCUT2D eigenvalue weighted by atomic mass is 16.5. The second-order valence-corrected chi connectivity index (χ2v) is 8.10. The minimum Gasteiger partial charge on any atom is -0.396 e. The third-order valence-corrected chi connectivity index (χ3v) is 5.49. The molecule has 3 rings (SSSR count). The highest BCUT2D eigenvalue weighted by Crippen LogP contribution is 2.14. The maximum absolute atomic E-state index is 9.80. The van der Waals surface area contributed by atoms with Gasteiger partial charge in [-0.3, -0.25) is 4.90 Å². The lowest BCUT2D eigenvalue weighted by Gasteiger charge is -2.31. The molecule has 2 aromatic rings. The fourth-order valence-electron chi connectivity index (χ4n) is 3.86. The normalized spacial score (nSPS) is 18.5. The van der Waals surface area contributed by atoms with Crippen LogP contribution in [0, 0.1) is 0 Å². The van der Waals surface area contributed by atoms with Crippen molar-refractivity contribution in [2.75, 3.05) is 39.4 Å². The molecule has 31 heavy (non-hydrogen) atoms. The largest absolute Gasteiger partial charge is 0.396 e. The molecule has 1 heterocycles. The number of ether oxygens (including phenoxy) is 1. The Kier molecular flexibility index (Phi) is 9.34. The minimum atomic E-state index is 0.0318. The fraction of sp³-hybridized carbons (Fsp3) is 0.480. The molecule has 2 aromatic carbocycles. The third kappa shape index (κ3) is 7.65. The van der Waals surface area contributed by atoms with Crippen LogP contribution in [0.15, 0.2) is 59.6 Å². The number of morpholine rings is 1. The summed E-state index contributed by atoms with van der Waals surface area (Å²) in [5.41, 5.74) is 3.63. The Bertz CT molecular complexity index is 812. The summed E-state index contributed by atoms with van der Waals surface area (Å²) in [7, 11) is 0. The molecule has 0 radical (unpaired) electrons. The number of nitrogens with zero attached hydrogens (tertiary/aromatic N) is 2. The van der Waals surface area contributed by atoms with Gasteiger partial charge in [0.25, 0.3) is 0 Å². The highest BCUT2D eigenvalue weighted by Gasteiger charge is 2.16. The molecule has 0 aliphatic carbocycles. The van der Waals surface area contributed by atoms with Gasteiger partial charge >= 0.3 is 0 Å². The number of guanidine groups is 1. The molecular weight excluding hydrogens is 388 g/mol. The van der Waals surface area contributed by atoms with Gasteiger partial charge in [0.1, 0.15) is 0 Å². The molecule has 0 bridgehead atoms. The number of hydrogen-bond acceptors (Lipinski definition) is 4. The van der Waals surface area contributed by atoms with E-state index < -0.39 is 0 Å². The summed E-state index contributed by atoms with van der Waals surface area (Å²) in [4.78, 5) is 7.21. The molecule has 0 aromatic heterocycles. The molecule has 0 saturated carbocycles. The van der Waals surface area contributed by atoms with Gasteiger partial charge in [0.2, 0.25) is 0 Å². The molecule has 168 valence electrons. The quantitative estimate of drug-likeness (QED) is 0.427. The van der Waals surface area contributed by atoms with Crippen LogP contribution in [0.25, 0.3) is 0 Å². The van der Waals surface area contributed by atoms with Crippen LogP contribution in [0.2, 0.25) is 0 Å². The number of hydrogen-bond donors (Lipinski definition) is 3. The molecule has 1 aliphatic rings. The molecule has 6 heteroatoms. The number of aliphatic imine (C=N–C) groups is 1. The predicted molar refractivity (Wildman–Crippen MR) is 126 cm³/mol. The smallest absolute Gasteiger partial charge is 0.191 e. The minimum absolute atomic E-state index is 0.0318. The van der Waals surface area contributed by atoms with E-state index in [1.165, 1.54) is 11.1 Å². The van der Waals surface area contributed by atoms with Crippen molar-refractivity contribution < 1.29 is 9.84 Å². The van der Waals surface area contributed by atoms with E-state index in [0.29, 0.717) is 19.2 Å². The Labute approximate surface area is 186 Å². The second-order valence-electron chi connectivity index (χ2n) is 8.10. The average molecular weight is 425 g/mol. The van der Waals surface area contributed by atoms with E-state index in [-0.39, 0.29) is 12.5 Å². The van der Waals surface area contributed by atoms with Crippen LogP contribution in [0.4, 0.5) is 0 Å². The second kappa shape index (κ2) is 12.4. The van der Waals surface area contributed by atoms with Gasteiger partial charge in [0.15, 0.2) is 5.96 Å². The number of aliphatic hydroxyl groups is 1. The van der Waals surface area contributed by atoms with E-state index in [4.69, 9.17) is 9.73 Å². The first-order chi connectivity index (χ1) is 15.2. The molecule has 0 amide bonds. The van der Waals surface area contributed by atoms with Gasteiger partial charge in [-0.25, -0.2) is 4.99 Å². The van der Waals surface area contributed by atoms with Gasteiger partial charge in [0.05, 0.1) is 25.9 Å². The zero-order valence-electron chi connectivity index (χ0n) is 18.8. The van der Waals surface area contributed by atoms with Crippen molar-refractivity contribution in [3.8, 4) is 0 Å². The molecule has 1 aliphatic heterocycles. The number of aliphatic hydroxyl groups excluding tert-OH is 1. The molecule has 1 fully saturated rings. The highest BCUT2D eigenvalue weighted by molar-refractivity contribution is 5.79. The van der Waals surface area contributed by atoms with Gasteiger partial charge in [-0.05, 0) is 30.5 Å². The number of nitrogens with one attached hydrogen (secondary N) is 2. The first-order valence-electron chi connectivity index (χ1n) is 11.3. The Balaban J connectivity index is 1.58. The zero-order chi connectivity index (χ0) is 21.9. The van der Waals surface area contributed by atoms with Gasteiger partial charge in [-0.15, -0.1) is 0 Å². The topological polar surface area (TPSA) is 69.1 Å². The maximum Gasteiger partial charge on any atom is 0.191 e. The standard InChI is InChI=1S/C25H36N4O2/c1-3-26-25(28-16-24(19-30)23-10-5-4-6-11-23)27-15-21-8-7-9-22(14-21)18-29-12-13-31-20(2)17-29/h4-11,14,20,24,30H,3,12-13,15-19H2,1-2H3,(H2,26,27,28). The summed E-state index contributed by atoms with van der Waals surface area (Å²) in [6.07, 6.45) is 0.300. The summed E-state index contributed by atoms with van der Waals surface area (Å²) in [5.74, 6) is 0.800. The van der Waals surface area contributed by atoms with E-state index in [9.17, 15) is 5.11 Å². The van der Waals surface area contributed by atoms with Crippen molar-refractivity contribution in [2.45, 2.75) is 39.0 Å². The van der Waals surface area contributed by atoms with Crippen LogP contribution in [0.3, 0.4) is 0 Å². The van der Waals surface area contributed by atoms with Crippen molar-refractivity contribution in [3.05, 3.63) is 71.3 Å². The van der Waals surface area contributed by atoms with E-state index in [2.05, 4.69) is 53.6 Å². The fourth-order valence-corrected chi connectivity index (χ4v) is 3.86. The van der Waals surface area contributed by atoms with Crippen molar-refractivity contribution in [2.24, 2.45) is 4.99 Å². The average Bonchev–Trinajstić information content (AvgIpc) is 2.79. The molecule has 1 saturated heterocycles. The first-order valence-corrected chi connectivity index (χ1v) is 11.3. The predicted octanol–water partition coefficient (Wildman–Crippen LogP) is 2.74. The van der Waals surface area contributed by atoms with Crippen LogP contribution in [-0.2, 0) is 17.8 Å². The van der Waals surface area contributed by atoms with Gasteiger partial charge in [0, 0.05) is 38.6 Å². The maximum atomic E-state index is 9.80. The SMILES string of the molecule is CCNC(=NCc1cccc(CN2CCOC(C)C2)c1)NCC(CO)c1ccccc1. The zero-order valence-corrected chi connectivity index (χ0v) is 18.8.